The van der Waals surface area contributed by atoms with E-state index in [1.807, 2.05) is 0 Å². The van der Waals surface area contributed by atoms with Crippen molar-refractivity contribution in [2.75, 3.05) is 19.6 Å². The van der Waals surface area contributed by atoms with Crippen LogP contribution in [0.25, 0.3) is 0 Å². The van der Waals surface area contributed by atoms with Gasteiger partial charge in [-0.2, -0.15) is 0 Å². The van der Waals surface area contributed by atoms with Crippen molar-refractivity contribution in [3.05, 3.63) is 35.9 Å². The first kappa shape index (κ1) is 18.9. The molecule has 3 unspecified atom stereocenters. The van der Waals surface area contributed by atoms with E-state index in [1.165, 1.54) is 44.1 Å². The Morgan fingerprint density at radius 1 is 1.11 bits per heavy atom. The van der Waals surface area contributed by atoms with E-state index in [2.05, 4.69) is 52.8 Å². The van der Waals surface area contributed by atoms with Gasteiger partial charge in [-0.15, -0.1) is 0 Å². The maximum atomic E-state index is 12.7. The summed E-state index contributed by atoms with van der Waals surface area (Å²) in [6.07, 6.45) is 8.17. The van der Waals surface area contributed by atoms with Crippen molar-refractivity contribution in [1.82, 2.24) is 15.5 Å². The number of hydrogen-bond acceptors (Lipinski definition) is 3. The van der Waals surface area contributed by atoms with Crippen molar-refractivity contribution in [1.29, 1.82) is 0 Å². The third-order valence-corrected chi connectivity index (χ3v) is 6.98. The molecular formula is C23H35N3O. The summed E-state index contributed by atoms with van der Waals surface area (Å²) >= 11 is 0. The fourth-order valence-electron chi connectivity index (χ4n) is 5.36. The van der Waals surface area contributed by atoms with Crippen LogP contribution in [0, 0.1) is 11.8 Å². The summed E-state index contributed by atoms with van der Waals surface area (Å²) in [5.41, 5.74) is 1.33. The van der Waals surface area contributed by atoms with Crippen molar-refractivity contribution < 1.29 is 4.79 Å². The Morgan fingerprint density at radius 3 is 2.44 bits per heavy atom. The van der Waals surface area contributed by atoms with Gasteiger partial charge in [-0.05, 0) is 69.0 Å². The van der Waals surface area contributed by atoms with Gasteiger partial charge in [-0.3, -0.25) is 9.69 Å². The second kappa shape index (κ2) is 8.74. The maximum absolute atomic E-state index is 12.7. The van der Waals surface area contributed by atoms with E-state index >= 15 is 0 Å². The van der Waals surface area contributed by atoms with E-state index in [-0.39, 0.29) is 5.91 Å². The van der Waals surface area contributed by atoms with Crippen molar-refractivity contribution in [3.63, 3.8) is 0 Å². The normalized spacial score (nSPS) is 30.2. The molecule has 4 nitrogen and oxygen atoms in total. The zero-order valence-corrected chi connectivity index (χ0v) is 16.7. The summed E-state index contributed by atoms with van der Waals surface area (Å²) < 4.78 is 0. The van der Waals surface area contributed by atoms with Crippen molar-refractivity contribution >= 4 is 5.91 Å². The Hall–Kier alpha value is -1.39. The summed E-state index contributed by atoms with van der Waals surface area (Å²) in [7, 11) is 0. The lowest BCUT2D eigenvalue weighted by Crippen LogP contribution is -2.43. The van der Waals surface area contributed by atoms with E-state index in [0.717, 1.165) is 25.6 Å². The summed E-state index contributed by atoms with van der Waals surface area (Å²) in [4.78, 5) is 15.2. The molecule has 3 saturated heterocycles. The molecule has 4 rings (SSSR count). The molecule has 3 atom stereocenters. The molecule has 0 spiro atoms. The van der Waals surface area contributed by atoms with Crippen molar-refractivity contribution in [2.45, 2.75) is 70.0 Å². The molecule has 4 heteroatoms. The lowest BCUT2D eigenvalue weighted by Gasteiger charge is -2.37. The molecule has 1 aromatic rings. The molecule has 3 aliphatic rings. The maximum Gasteiger partial charge on any atom is 0.220 e. The molecule has 148 valence electrons. The number of piperidine rings is 2. The van der Waals surface area contributed by atoms with Gasteiger partial charge in [0.15, 0.2) is 0 Å². The smallest absolute Gasteiger partial charge is 0.220 e. The van der Waals surface area contributed by atoms with Crippen LogP contribution >= 0.6 is 0 Å². The molecule has 27 heavy (non-hydrogen) atoms. The first-order valence-electron chi connectivity index (χ1n) is 11.0. The van der Waals surface area contributed by atoms with Crippen LogP contribution < -0.4 is 10.6 Å². The number of nitrogens with zero attached hydrogens (tertiary/aromatic N) is 1. The third-order valence-electron chi connectivity index (χ3n) is 6.98. The summed E-state index contributed by atoms with van der Waals surface area (Å²) in [6.45, 7) is 5.35. The highest BCUT2D eigenvalue weighted by atomic mass is 16.1. The summed E-state index contributed by atoms with van der Waals surface area (Å²) in [5, 5.41) is 6.96. The minimum absolute atomic E-state index is 0.243. The molecule has 2 N–H and O–H groups in total. The number of amides is 1. The van der Waals surface area contributed by atoms with Gasteiger partial charge in [0.2, 0.25) is 5.91 Å². The number of carbonyl (C=O) groups excluding carboxylic acids is 1. The zero-order valence-electron chi connectivity index (χ0n) is 16.7. The quantitative estimate of drug-likeness (QED) is 0.807. The Morgan fingerprint density at radius 2 is 1.78 bits per heavy atom. The fraction of sp³-hybridized carbons (Fsp3) is 0.696. The van der Waals surface area contributed by atoms with Gasteiger partial charge in [0.25, 0.3) is 0 Å². The molecule has 1 aromatic carbocycles. The standard InChI is InChI=1S/C23H35N3O/c1-17-9-11-26(12-10-17)22(19-5-3-2-4-6-19)16-24-23(27)15-18-13-20-7-8-21(14-18)25-20/h2-6,17-18,20-22,25H,7-16H2,1H3,(H,24,27). The topological polar surface area (TPSA) is 44.4 Å². The van der Waals surface area contributed by atoms with Crippen LogP contribution in [0.1, 0.15) is 63.5 Å². The minimum atomic E-state index is 0.243. The molecule has 0 aliphatic carbocycles. The summed E-state index contributed by atoms with van der Waals surface area (Å²) in [6, 6.07) is 12.3. The van der Waals surface area contributed by atoms with Crippen LogP contribution in [0.2, 0.25) is 0 Å². The number of rotatable bonds is 6. The molecule has 3 heterocycles. The van der Waals surface area contributed by atoms with Crippen LogP contribution in [0.4, 0.5) is 0 Å². The molecule has 0 aromatic heterocycles. The number of benzene rings is 1. The minimum Gasteiger partial charge on any atom is -0.354 e. The van der Waals surface area contributed by atoms with Gasteiger partial charge in [-0.1, -0.05) is 37.3 Å². The number of likely N-dealkylation sites (tertiary alicyclic amines) is 1. The van der Waals surface area contributed by atoms with Crippen LogP contribution in [0.15, 0.2) is 30.3 Å². The first-order chi connectivity index (χ1) is 13.2. The van der Waals surface area contributed by atoms with E-state index in [0.29, 0.717) is 30.5 Å². The zero-order chi connectivity index (χ0) is 18.6. The third kappa shape index (κ3) is 4.91. The van der Waals surface area contributed by atoms with Gasteiger partial charge in [0.05, 0.1) is 6.04 Å². The lowest BCUT2D eigenvalue weighted by molar-refractivity contribution is -0.122. The number of hydrogen-bond donors (Lipinski definition) is 2. The van der Waals surface area contributed by atoms with E-state index < -0.39 is 0 Å². The van der Waals surface area contributed by atoms with Crippen LogP contribution in [0.5, 0.6) is 0 Å². The molecule has 0 saturated carbocycles. The van der Waals surface area contributed by atoms with Gasteiger partial charge >= 0.3 is 0 Å². The second-order valence-electron chi connectivity index (χ2n) is 9.13. The van der Waals surface area contributed by atoms with Crippen molar-refractivity contribution in [2.24, 2.45) is 11.8 Å². The lowest BCUT2D eigenvalue weighted by atomic mass is 9.89. The highest BCUT2D eigenvalue weighted by Gasteiger charge is 2.34. The van der Waals surface area contributed by atoms with Gasteiger partial charge in [-0.25, -0.2) is 0 Å². The molecular weight excluding hydrogens is 334 g/mol. The molecule has 1 amide bonds. The Labute approximate surface area is 164 Å². The monoisotopic (exact) mass is 369 g/mol. The van der Waals surface area contributed by atoms with Crippen molar-refractivity contribution in [3.8, 4) is 0 Å². The molecule has 3 fully saturated rings. The number of carbonyl (C=O) groups is 1. The predicted molar refractivity (Wildman–Crippen MR) is 109 cm³/mol. The number of nitrogens with one attached hydrogen (secondary N) is 2. The van der Waals surface area contributed by atoms with E-state index in [1.54, 1.807) is 0 Å². The predicted octanol–water partition coefficient (Wildman–Crippen LogP) is 3.50. The average Bonchev–Trinajstić information content (AvgIpc) is 3.02. The Bertz CT molecular complexity index is 599. The van der Waals surface area contributed by atoms with E-state index in [4.69, 9.17) is 0 Å². The fourth-order valence-corrected chi connectivity index (χ4v) is 5.36. The van der Waals surface area contributed by atoms with Gasteiger partial charge in [0.1, 0.15) is 0 Å². The summed E-state index contributed by atoms with van der Waals surface area (Å²) in [5.74, 6) is 1.63. The van der Waals surface area contributed by atoms with Crippen LogP contribution in [0.3, 0.4) is 0 Å². The van der Waals surface area contributed by atoms with Crippen LogP contribution in [-0.4, -0.2) is 42.5 Å². The largest absolute Gasteiger partial charge is 0.354 e. The van der Waals surface area contributed by atoms with Crippen LogP contribution in [-0.2, 0) is 4.79 Å². The molecule has 3 aliphatic heterocycles. The molecule has 2 bridgehead atoms. The first-order valence-corrected chi connectivity index (χ1v) is 11.0. The van der Waals surface area contributed by atoms with Gasteiger partial charge < -0.3 is 10.6 Å². The molecule has 0 radical (unpaired) electrons. The Balaban J connectivity index is 1.33. The second-order valence-corrected chi connectivity index (χ2v) is 9.13. The van der Waals surface area contributed by atoms with E-state index in [9.17, 15) is 4.79 Å². The highest BCUT2D eigenvalue weighted by molar-refractivity contribution is 5.76. The Kier molecular flexibility index (Phi) is 6.14. The number of fused-ring (bicyclic) bond motifs is 2. The highest BCUT2D eigenvalue weighted by Crippen LogP contribution is 2.32. The van der Waals surface area contributed by atoms with Gasteiger partial charge in [0, 0.05) is 25.0 Å². The average molecular weight is 370 g/mol. The SMILES string of the molecule is CC1CCN(C(CNC(=O)CC2CC3CCC(C2)N3)c2ccccc2)CC1.